The molecule has 0 radical (unpaired) electrons. The Bertz CT molecular complexity index is 959. The van der Waals surface area contributed by atoms with Gasteiger partial charge in [-0.2, -0.15) is 13.2 Å². The molecule has 33 heavy (non-hydrogen) atoms. The van der Waals surface area contributed by atoms with Crippen LogP contribution in [0.2, 0.25) is 0 Å². The van der Waals surface area contributed by atoms with Crippen molar-refractivity contribution in [2.75, 3.05) is 13.7 Å². The van der Waals surface area contributed by atoms with Gasteiger partial charge >= 0.3 is 12.1 Å². The second-order valence-corrected chi connectivity index (χ2v) is 7.71. The molecule has 2 N–H and O–H groups in total. The number of halogens is 3. The van der Waals surface area contributed by atoms with E-state index in [4.69, 9.17) is 0 Å². The summed E-state index contributed by atoms with van der Waals surface area (Å²) in [7, 11) is 1.32. The van der Waals surface area contributed by atoms with Crippen molar-refractivity contribution in [3.8, 4) is 0 Å². The predicted molar refractivity (Wildman–Crippen MR) is 116 cm³/mol. The number of alkyl halides is 3. The summed E-state index contributed by atoms with van der Waals surface area (Å²) in [6.45, 7) is 2.14. The first-order valence-corrected chi connectivity index (χ1v) is 10.5. The van der Waals surface area contributed by atoms with E-state index in [1.54, 1.807) is 31.2 Å². The molecule has 0 fully saturated rings. The smallest absolute Gasteiger partial charge is 0.416 e. The quantitative estimate of drug-likeness (QED) is 0.300. The first-order valence-electron chi connectivity index (χ1n) is 10.5. The number of hydrazine groups is 1. The number of ether oxygens (including phenoxy) is 1. The summed E-state index contributed by atoms with van der Waals surface area (Å²) in [5.74, 6) is -1.35. The van der Waals surface area contributed by atoms with Gasteiger partial charge in [0.15, 0.2) is 0 Å². The molecule has 0 aromatic heterocycles. The number of benzene rings is 2. The van der Waals surface area contributed by atoms with E-state index in [0.717, 1.165) is 17.7 Å². The highest BCUT2D eigenvalue weighted by Crippen LogP contribution is 2.29. The fourth-order valence-corrected chi connectivity index (χ4v) is 3.09. The molecule has 2 aromatic carbocycles. The third kappa shape index (κ3) is 8.69. The number of esters is 1. The highest BCUT2D eigenvalue weighted by Gasteiger charge is 2.30. The number of amides is 1. The van der Waals surface area contributed by atoms with Crippen molar-refractivity contribution in [2.45, 2.75) is 38.8 Å². The van der Waals surface area contributed by atoms with Crippen LogP contribution in [0.5, 0.6) is 0 Å². The van der Waals surface area contributed by atoms with Crippen molar-refractivity contribution >= 4 is 17.7 Å². The van der Waals surface area contributed by atoms with Crippen molar-refractivity contribution in [3.63, 3.8) is 0 Å². The van der Waals surface area contributed by atoms with E-state index >= 15 is 0 Å². The number of methoxy groups -OCH3 is 1. The lowest BCUT2D eigenvalue weighted by atomic mass is 9.99. The SMILES string of the molecule is COC(=O)c1ccc(CCNNC(=O)C(C)CCC(=O)Cc2cccc(C(F)(F)F)c2)cc1. The Balaban J connectivity index is 1.68. The molecule has 1 unspecified atom stereocenters. The minimum Gasteiger partial charge on any atom is -0.465 e. The molecular weight excluding hydrogens is 437 g/mol. The Hall–Kier alpha value is -3.20. The van der Waals surface area contributed by atoms with Crippen molar-refractivity contribution in [3.05, 3.63) is 70.8 Å². The summed E-state index contributed by atoms with van der Waals surface area (Å²) in [4.78, 5) is 35.7. The van der Waals surface area contributed by atoms with E-state index in [0.29, 0.717) is 30.5 Å². The lowest BCUT2D eigenvalue weighted by Crippen LogP contribution is -2.41. The Morgan fingerprint density at radius 2 is 1.73 bits per heavy atom. The minimum absolute atomic E-state index is 0.0946. The van der Waals surface area contributed by atoms with Gasteiger partial charge in [-0.1, -0.05) is 37.3 Å². The van der Waals surface area contributed by atoms with E-state index in [2.05, 4.69) is 15.6 Å². The van der Waals surface area contributed by atoms with Gasteiger partial charge in [-0.3, -0.25) is 15.0 Å². The zero-order valence-corrected chi connectivity index (χ0v) is 18.5. The summed E-state index contributed by atoms with van der Waals surface area (Å²) >= 11 is 0. The first-order chi connectivity index (χ1) is 15.6. The second kappa shape index (κ2) is 12.2. The van der Waals surface area contributed by atoms with Crippen LogP contribution in [0.15, 0.2) is 48.5 Å². The van der Waals surface area contributed by atoms with Gasteiger partial charge < -0.3 is 4.74 Å². The molecule has 2 aromatic rings. The highest BCUT2D eigenvalue weighted by molar-refractivity contribution is 5.89. The van der Waals surface area contributed by atoms with Crippen LogP contribution in [-0.2, 0) is 33.3 Å². The molecule has 178 valence electrons. The van der Waals surface area contributed by atoms with Crippen molar-refractivity contribution < 1.29 is 32.3 Å². The van der Waals surface area contributed by atoms with Crippen LogP contribution in [0.4, 0.5) is 13.2 Å². The third-order valence-corrected chi connectivity index (χ3v) is 5.08. The second-order valence-electron chi connectivity index (χ2n) is 7.71. The molecule has 9 heteroatoms. The first kappa shape index (κ1) is 26.1. The Labute approximate surface area is 190 Å². The third-order valence-electron chi connectivity index (χ3n) is 5.08. The predicted octanol–water partition coefficient (Wildman–Crippen LogP) is 3.88. The standard InChI is InChI=1S/C24H27F3N2O4/c1-16(6-11-21(30)15-18-4-3-5-20(14-18)24(25,26)27)22(31)29-28-13-12-17-7-9-19(10-8-17)23(32)33-2/h3-5,7-10,14,16,28H,6,11-13,15H2,1-2H3,(H,29,31). The van der Waals surface area contributed by atoms with Crippen LogP contribution in [0.3, 0.4) is 0 Å². The molecular formula is C24H27F3N2O4. The lowest BCUT2D eigenvalue weighted by Gasteiger charge is -2.13. The molecule has 0 bridgehead atoms. The van der Waals surface area contributed by atoms with Crippen LogP contribution in [0.1, 0.15) is 46.8 Å². The Kier molecular flexibility index (Phi) is 9.59. The molecule has 0 aliphatic rings. The molecule has 1 atom stereocenters. The van der Waals surface area contributed by atoms with Gasteiger partial charge in [0.2, 0.25) is 5.91 Å². The number of ketones is 1. The molecule has 0 saturated heterocycles. The summed E-state index contributed by atoms with van der Waals surface area (Å²) in [5.41, 5.74) is 6.36. The van der Waals surface area contributed by atoms with Crippen LogP contribution < -0.4 is 10.9 Å². The van der Waals surface area contributed by atoms with Gasteiger partial charge in [0.1, 0.15) is 5.78 Å². The zero-order chi connectivity index (χ0) is 24.4. The van der Waals surface area contributed by atoms with Gasteiger partial charge in [-0.25, -0.2) is 10.2 Å². The number of rotatable bonds is 11. The number of nitrogens with one attached hydrogen (secondary N) is 2. The topological polar surface area (TPSA) is 84.5 Å². The Morgan fingerprint density at radius 1 is 1.03 bits per heavy atom. The van der Waals surface area contributed by atoms with Crippen LogP contribution >= 0.6 is 0 Å². The van der Waals surface area contributed by atoms with E-state index in [1.807, 2.05) is 0 Å². The summed E-state index contributed by atoms with van der Waals surface area (Å²) in [6, 6.07) is 11.6. The van der Waals surface area contributed by atoms with E-state index in [9.17, 15) is 27.6 Å². The number of Topliss-reactive ketones (excluding diaryl/α,β-unsaturated/α-hetero) is 1. The largest absolute Gasteiger partial charge is 0.465 e. The average molecular weight is 464 g/mol. The number of hydrogen-bond acceptors (Lipinski definition) is 5. The zero-order valence-electron chi connectivity index (χ0n) is 18.5. The normalized spacial score (nSPS) is 12.2. The van der Waals surface area contributed by atoms with Gasteiger partial charge in [0.05, 0.1) is 18.2 Å². The molecule has 2 rings (SSSR count). The Morgan fingerprint density at radius 3 is 2.36 bits per heavy atom. The monoisotopic (exact) mass is 464 g/mol. The fraction of sp³-hybridized carbons (Fsp3) is 0.375. The van der Waals surface area contributed by atoms with E-state index in [-0.39, 0.29) is 24.5 Å². The number of hydrogen-bond donors (Lipinski definition) is 2. The molecule has 0 aliphatic carbocycles. The van der Waals surface area contributed by atoms with Gasteiger partial charge in [-0.15, -0.1) is 0 Å². The molecule has 0 aliphatic heterocycles. The molecule has 0 heterocycles. The summed E-state index contributed by atoms with van der Waals surface area (Å²) < 4.78 is 43.0. The number of carbonyl (C=O) groups is 3. The van der Waals surface area contributed by atoms with E-state index in [1.165, 1.54) is 19.2 Å². The molecule has 0 spiro atoms. The molecule has 1 amide bonds. The van der Waals surface area contributed by atoms with Crippen molar-refractivity contribution in [2.24, 2.45) is 5.92 Å². The summed E-state index contributed by atoms with van der Waals surface area (Å²) in [5, 5.41) is 0. The number of carbonyl (C=O) groups excluding carboxylic acids is 3. The highest BCUT2D eigenvalue weighted by atomic mass is 19.4. The molecule has 6 nitrogen and oxygen atoms in total. The van der Waals surface area contributed by atoms with Crippen LogP contribution in [0, 0.1) is 5.92 Å². The van der Waals surface area contributed by atoms with Crippen molar-refractivity contribution in [1.82, 2.24) is 10.9 Å². The maximum Gasteiger partial charge on any atom is 0.416 e. The van der Waals surface area contributed by atoms with Gasteiger partial charge in [0.25, 0.3) is 0 Å². The van der Waals surface area contributed by atoms with Crippen molar-refractivity contribution in [1.29, 1.82) is 0 Å². The van der Waals surface area contributed by atoms with E-state index < -0.39 is 23.6 Å². The maximum absolute atomic E-state index is 12.8. The fourth-order valence-electron chi connectivity index (χ4n) is 3.09. The van der Waals surface area contributed by atoms with Crippen LogP contribution in [-0.4, -0.2) is 31.3 Å². The average Bonchev–Trinajstić information content (AvgIpc) is 2.79. The van der Waals surface area contributed by atoms with Crippen LogP contribution in [0.25, 0.3) is 0 Å². The lowest BCUT2D eigenvalue weighted by molar-refractivity contribution is -0.137. The van der Waals surface area contributed by atoms with Gasteiger partial charge in [-0.05, 0) is 42.2 Å². The van der Waals surface area contributed by atoms with Gasteiger partial charge in [0, 0.05) is 25.3 Å². The summed E-state index contributed by atoms with van der Waals surface area (Å²) in [6.07, 6.45) is -3.56. The minimum atomic E-state index is -4.45. The maximum atomic E-state index is 12.8. The molecule has 0 saturated carbocycles.